The molecular weight excluding hydrogens is 821 g/mol. The van der Waals surface area contributed by atoms with Crippen LogP contribution in [-0.4, -0.2) is 27.4 Å². The number of fused-ring (bicyclic) bond motifs is 7. The predicted molar refractivity (Wildman–Crippen MR) is 236 cm³/mol. The van der Waals surface area contributed by atoms with Gasteiger partial charge in [0.1, 0.15) is 0 Å². The molecule has 0 atom stereocenters. The van der Waals surface area contributed by atoms with Gasteiger partial charge in [-0.1, -0.05) is 12.1 Å². The highest BCUT2D eigenvalue weighted by Gasteiger charge is 2.50. The number of thioether (sulfide) groups is 1. The van der Waals surface area contributed by atoms with Crippen molar-refractivity contribution in [3.05, 3.63) is 134 Å². The Morgan fingerprint density at radius 2 is 0.963 bits per heavy atom. The van der Waals surface area contributed by atoms with Gasteiger partial charge in [0.15, 0.2) is 0 Å². The maximum atomic E-state index is 14.3. The summed E-state index contributed by atoms with van der Waals surface area (Å²) in [5.41, 5.74) is 4.52. The Morgan fingerprint density at radius 1 is 0.500 bits per heavy atom. The van der Waals surface area contributed by atoms with Gasteiger partial charge in [-0.2, -0.15) is 0 Å². The molecule has 5 aliphatic heterocycles. The summed E-state index contributed by atoms with van der Waals surface area (Å²) in [6.45, 7) is 0. The van der Waals surface area contributed by atoms with E-state index < -0.39 is 0 Å². The molecule has 4 nitrogen and oxygen atoms in total. The van der Waals surface area contributed by atoms with Crippen LogP contribution in [0.15, 0.2) is 108 Å². The number of carbonyl (C=O) groups excluding carboxylic acids is 2. The summed E-state index contributed by atoms with van der Waals surface area (Å²) < 4.78 is 0. The second-order valence-electron chi connectivity index (χ2n) is 13.1. The summed E-state index contributed by atoms with van der Waals surface area (Å²) in [7, 11) is 0. The molecule has 0 radical (unpaired) electrons. The van der Waals surface area contributed by atoms with Gasteiger partial charge in [0.2, 0.25) is 0 Å². The van der Waals surface area contributed by atoms with Crippen LogP contribution in [-0.2, 0) is 9.59 Å². The zero-order valence-corrected chi connectivity index (χ0v) is 34.3. The minimum Gasteiger partial charge on any atom is -0.281 e. The van der Waals surface area contributed by atoms with Gasteiger partial charge < -0.3 is 0 Å². The molecular formula is C42H22N2O2S8. The molecule has 0 saturated carbocycles. The highest BCUT2D eigenvalue weighted by atomic mass is 32.2. The van der Waals surface area contributed by atoms with Crippen molar-refractivity contribution in [3.63, 3.8) is 0 Å². The zero-order chi connectivity index (χ0) is 35.7. The number of hydrogen-bond donors (Lipinski definition) is 0. The van der Waals surface area contributed by atoms with E-state index in [1.54, 1.807) is 66.5 Å². The largest absolute Gasteiger partial charge is 0.281 e. The van der Waals surface area contributed by atoms with Crippen LogP contribution in [0.5, 0.6) is 0 Å². The molecule has 0 aromatic carbocycles. The Morgan fingerprint density at radius 3 is 1.43 bits per heavy atom. The fraction of sp³-hybridized carbons (Fsp3) is 0.0476. The van der Waals surface area contributed by atoms with Gasteiger partial charge in [0.05, 0.1) is 32.3 Å². The van der Waals surface area contributed by atoms with E-state index in [-0.39, 0.29) is 11.8 Å². The summed E-state index contributed by atoms with van der Waals surface area (Å²) in [5, 5.41) is 2.12. The summed E-state index contributed by atoms with van der Waals surface area (Å²) in [6, 6.07) is 26.4. The Kier molecular flexibility index (Phi) is 7.26. The Labute approximate surface area is 342 Å². The lowest BCUT2D eigenvalue weighted by atomic mass is 10.0. The van der Waals surface area contributed by atoms with Crippen molar-refractivity contribution in [2.45, 2.75) is 6.42 Å². The fourth-order valence-corrected chi connectivity index (χ4v) is 16.2. The topological polar surface area (TPSA) is 40.6 Å². The monoisotopic (exact) mass is 842 g/mol. The molecule has 0 aliphatic carbocycles. The highest BCUT2D eigenvalue weighted by Crippen LogP contribution is 2.55. The second-order valence-corrected chi connectivity index (χ2v) is 21.6. The van der Waals surface area contributed by atoms with E-state index in [9.17, 15) is 9.59 Å². The van der Waals surface area contributed by atoms with Crippen molar-refractivity contribution in [3.8, 4) is 48.8 Å². The molecule has 12 heteroatoms. The van der Waals surface area contributed by atoms with E-state index in [0.29, 0.717) is 22.5 Å². The Hall–Kier alpha value is -4.11. The number of rotatable bonds is 6. The zero-order valence-electron chi connectivity index (χ0n) is 27.8. The molecule has 7 aromatic rings. The smallest absolute Gasteiger partial charge is 0.265 e. The molecule has 0 unspecified atom stereocenters. The summed E-state index contributed by atoms with van der Waals surface area (Å²) in [5.74, 6) is 0.891. The van der Waals surface area contributed by atoms with Gasteiger partial charge in [0.25, 0.3) is 11.8 Å². The molecule has 0 bridgehead atoms. The third-order valence-electron chi connectivity index (χ3n) is 9.94. The molecule has 12 heterocycles. The van der Waals surface area contributed by atoms with Crippen LogP contribution in [0.3, 0.4) is 0 Å². The lowest BCUT2D eigenvalue weighted by Crippen LogP contribution is -2.25. The van der Waals surface area contributed by atoms with Gasteiger partial charge >= 0.3 is 0 Å². The van der Waals surface area contributed by atoms with Crippen molar-refractivity contribution in [2.75, 3.05) is 5.75 Å². The number of carbonyl (C=O) groups is 2. The number of thiophene rings is 7. The van der Waals surface area contributed by atoms with E-state index in [1.165, 1.54) is 54.6 Å². The molecule has 12 rings (SSSR count). The highest BCUT2D eigenvalue weighted by molar-refractivity contribution is 8.08. The van der Waals surface area contributed by atoms with E-state index in [2.05, 4.69) is 84.3 Å². The summed E-state index contributed by atoms with van der Waals surface area (Å²) >= 11 is 14.3. The standard InChI is InChI=1S/C42H22N2O2S8/c45-41-35-36(38-40-22(14-16-44(38)41)20-34(54-40)32-12-10-30(52-32)28-8-6-26(50-28)24-4-2-18-48-24)42(46)43-15-13-21-19-33(53-39(21)37(35)43)31-11-9-29(51-31)27-7-5-25(49-27)23-3-1-17-47-23/h1,3-17,19-20H,2,18H2. The molecule has 54 heavy (non-hydrogen) atoms. The van der Waals surface area contributed by atoms with E-state index in [4.69, 9.17) is 0 Å². The minimum absolute atomic E-state index is 0.140. The van der Waals surface area contributed by atoms with Crippen molar-refractivity contribution < 1.29 is 9.59 Å². The maximum absolute atomic E-state index is 14.3. The van der Waals surface area contributed by atoms with E-state index in [1.807, 2.05) is 59.0 Å². The molecule has 5 aliphatic rings. The number of allylic oxidation sites excluding steroid dienone is 1. The minimum atomic E-state index is -0.140. The summed E-state index contributed by atoms with van der Waals surface area (Å²) in [6.07, 6.45) is 11.2. The number of amides is 2. The molecule has 0 saturated heterocycles. The van der Waals surface area contributed by atoms with Crippen LogP contribution in [0.25, 0.3) is 77.2 Å². The first-order chi connectivity index (χ1) is 26.6. The third kappa shape index (κ3) is 4.81. The molecule has 7 aromatic heterocycles. The van der Waals surface area contributed by atoms with E-state index >= 15 is 0 Å². The number of hydrogen-bond acceptors (Lipinski definition) is 10. The van der Waals surface area contributed by atoms with Crippen LogP contribution < -0.4 is 0 Å². The van der Waals surface area contributed by atoms with Crippen molar-refractivity contribution in [2.24, 2.45) is 0 Å². The quantitative estimate of drug-likeness (QED) is 0.167. The van der Waals surface area contributed by atoms with Crippen LogP contribution in [0.4, 0.5) is 0 Å². The summed E-state index contributed by atoms with van der Waals surface area (Å²) in [4.78, 5) is 48.9. The first kappa shape index (κ1) is 32.2. The first-order valence-corrected chi connectivity index (χ1v) is 23.9. The Bertz CT molecular complexity index is 2920. The average Bonchev–Trinajstić information content (AvgIpc) is 4.04. The normalized spacial score (nSPS) is 16.9. The molecule has 0 fully saturated rings. The van der Waals surface area contributed by atoms with Crippen molar-refractivity contribution >= 4 is 131 Å². The van der Waals surface area contributed by atoms with Gasteiger partial charge in [-0.05, 0) is 102 Å². The van der Waals surface area contributed by atoms with Gasteiger partial charge in [0, 0.05) is 76.7 Å². The second kappa shape index (κ2) is 12.2. The predicted octanol–water partition coefficient (Wildman–Crippen LogP) is 13.7. The van der Waals surface area contributed by atoms with Crippen LogP contribution in [0.1, 0.15) is 32.2 Å². The van der Waals surface area contributed by atoms with Gasteiger partial charge in [-0.25, -0.2) is 0 Å². The third-order valence-corrected chi connectivity index (χ3v) is 19.7. The Balaban J connectivity index is 0.889. The van der Waals surface area contributed by atoms with Crippen molar-refractivity contribution in [1.29, 1.82) is 0 Å². The lowest BCUT2D eigenvalue weighted by Gasteiger charge is -2.24. The number of nitrogens with zero attached hydrogens (tertiary/aromatic N) is 2. The van der Waals surface area contributed by atoms with Crippen molar-refractivity contribution in [1.82, 2.24) is 9.80 Å². The molecule has 2 amide bonds. The lowest BCUT2D eigenvalue weighted by molar-refractivity contribution is -0.122. The first-order valence-electron chi connectivity index (χ1n) is 17.1. The fourth-order valence-electron chi connectivity index (χ4n) is 7.47. The van der Waals surface area contributed by atoms with Gasteiger partial charge in [-0.15, -0.1) is 91.1 Å². The van der Waals surface area contributed by atoms with Crippen LogP contribution >= 0.6 is 91.1 Å². The van der Waals surface area contributed by atoms with E-state index in [0.717, 1.165) is 37.1 Å². The molecule has 0 N–H and O–H groups in total. The maximum Gasteiger partial charge on any atom is 0.265 e. The molecule has 260 valence electrons. The van der Waals surface area contributed by atoms with Crippen LogP contribution in [0.2, 0.25) is 0 Å². The molecule has 0 spiro atoms. The average molecular weight is 843 g/mol. The SMILES string of the molecule is O=C1C2=C3c4sc(-c5ccc(-c6ccc(-c7cccs7)s6)s5)cc4C=CN3C(=O)C2=C2c3sc(-c4ccc(-c5ccc(C6=CCCS6)s5)s4)cc3C=CN12. The van der Waals surface area contributed by atoms with Gasteiger partial charge in [-0.3, -0.25) is 19.4 Å². The van der Waals surface area contributed by atoms with Crippen LogP contribution in [0, 0.1) is 0 Å².